The first kappa shape index (κ1) is 12.3. The maximum Gasteiger partial charge on any atom is 0.254 e. The summed E-state index contributed by atoms with van der Waals surface area (Å²) < 4.78 is 1.52. The number of primary amides is 1. The third kappa shape index (κ3) is 3.38. The van der Waals surface area contributed by atoms with Crippen LogP contribution in [-0.4, -0.2) is 18.0 Å². The molecule has 1 amide bonds. The fourth-order valence-corrected chi connectivity index (χ4v) is 0.817. The Bertz CT molecular complexity index is 304. The second-order valence-electron chi connectivity index (χ2n) is 2.39. The molecule has 0 bridgehead atoms. The summed E-state index contributed by atoms with van der Waals surface area (Å²) in [4.78, 5) is 15.7. The lowest BCUT2D eigenvalue weighted by molar-refractivity contribution is -0.680. The van der Waals surface area contributed by atoms with E-state index in [2.05, 4.69) is 5.59 Å². The van der Waals surface area contributed by atoms with E-state index in [0.29, 0.717) is 12.2 Å². The molecule has 6 heteroatoms. The number of carbonyl (C=O) groups excluding carboxylic acids is 1. The molecule has 0 aliphatic carbocycles. The third-order valence-corrected chi connectivity index (χ3v) is 1.40. The molecule has 0 unspecified atom stereocenters. The van der Waals surface area contributed by atoms with E-state index in [1.807, 2.05) is 6.92 Å². The normalized spacial score (nSPS) is 8.93. The molecule has 0 aliphatic heterocycles. The van der Waals surface area contributed by atoms with Crippen LogP contribution in [0.2, 0.25) is 0 Å². The molecular weight excluding hydrogens is 186 g/mol. The van der Waals surface area contributed by atoms with Gasteiger partial charge in [-0.3, -0.25) is 4.79 Å². The average molecular weight is 199 g/mol. The van der Waals surface area contributed by atoms with Crippen molar-refractivity contribution >= 4 is 5.91 Å². The Labute approximate surface area is 81.5 Å². The zero-order chi connectivity index (χ0) is 9.68. The van der Waals surface area contributed by atoms with E-state index in [0.717, 1.165) is 0 Å². The maximum absolute atomic E-state index is 10.8. The van der Waals surface area contributed by atoms with E-state index < -0.39 is 5.91 Å². The van der Waals surface area contributed by atoms with Gasteiger partial charge in [0.2, 0.25) is 12.4 Å². The van der Waals surface area contributed by atoms with Crippen LogP contribution in [-0.2, 0) is 4.84 Å². The molecular formula is C8H13N3O3. The highest BCUT2D eigenvalue weighted by Gasteiger charge is 2.06. The molecule has 0 atom stereocenters. The van der Waals surface area contributed by atoms with Crippen molar-refractivity contribution in [3.63, 3.8) is 0 Å². The summed E-state index contributed by atoms with van der Waals surface area (Å²) in [6, 6.07) is 3.33. The summed E-state index contributed by atoms with van der Waals surface area (Å²) in [6.07, 6.45) is 3.26. The number of nitrogens with zero attached hydrogens (tertiary/aromatic N) is 1. The lowest BCUT2D eigenvalue weighted by Crippen LogP contribution is -2.45. The van der Waals surface area contributed by atoms with Crippen LogP contribution >= 0.6 is 0 Å². The zero-order valence-corrected chi connectivity index (χ0v) is 7.80. The Morgan fingerprint density at radius 2 is 2.43 bits per heavy atom. The molecule has 6 nitrogen and oxygen atoms in total. The van der Waals surface area contributed by atoms with Gasteiger partial charge in [0.05, 0.1) is 6.61 Å². The van der Waals surface area contributed by atoms with Gasteiger partial charge in [-0.2, -0.15) is 0 Å². The van der Waals surface area contributed by atoms with Crippen LogP contribution < -0.4 is 16.0 Å². The summed E-state index contributed by atoms with van der Waals surface area (Å²) in [6.45, 7) is 2.39. The van der Waals surface area contributed by atoms with E-state index in [1.165, 1.54) is 4.68 Å². The highest BCUT2D eigenvalue weighted by atomic mass is 16.7. The summed E-state index contributed by atoms with van der Waals surface area (Å²) in [7, 11) is 0. The molecule has 78 valence electrons. The molecule has 14 heavy (non-hydrogen) atoms. The lowest BCUT2D eigenvalue weighted by Gasteiger charge is -1.98. The standard InChI is InChI=1S/C8H11N3O2.H2O/c1-2-13-10-11-5-3-4-7(6-11)8(9)12;/h3-6,10H,2H2,1H3,(H-,9,12);1H2. The van der Waals surface area contributed by atoms with Crippen LogP contribution in [0.3, 0.4) is 0 Å². The predicted molar refractivity (Wildman–Crippen MR) is 48.1 cm³/mol. The fourth-order valence-electron chi connectivity index (χ4n) is 0.817. The molecule has 1 rings (SSSR count). The van der Waals surface area contributed by atoms with Gasteiger partial charge in [0.1, 0.15) is 5.56 Å². The number of nitrogens with one attached hydrogen (secondary N) is 1. The van der Waals surface area contributed by atoms with E-state index in [1.54, 1.807) is 24.5 Å². The van der Waals surface area contributed by atoms with Crippen molar-refractivity contribution in [3.05, 3.63) is 30.1 Å². The second-order valence-corrected chi connectivity index (χ2v) is 2.39. The van der Waals surface area contributed by atoms with Crippen LogP contribution in [0.15, 0.2) is 24.5 Å². The van der Waals surface area contributed by atoms with Gasteiger partial charge in [0, 0.05) is 6.07 Å². The van der Waals surface area contributed by atoms with Gasteiger partial charge in [0.15, 0.2) is 0 Å². The van der Waals surface area contributed by atoms with Crippen molar-refractivity contribution in [3.8, 4) is 0 Å². The number of carbonyl (C=O) groups is 1. The molecule has 0 aromatic carbocycles. The maximum atomic E-state index is 10.8. The average Bonchev–Trinajstić information content (AvgIpc) is 2.15. The molecule has 0 saturated carbocycles. The highest BCUT2D eigenvalue weighted by molar-refractivity contribution is 5.92. The first-order chi connectivity index (χ1) is 6.24. The van der Waals surface area contributed by atoms with Crippen molar-refractivity contribution in [2.45, 2.75) is 6.92 Å². The van der Waals surface area contributed by atoms with Crippen LogP contribution in [0.4, 0.5) is 0 Å². The summed E-state index contributed by atoms with van der Waals surface area (Å²) in [5.74, 6) is -0.465. The monoisotopic (exact) mass is 199 g/mol. The van der Waals surface area contributed by atoms with Crippen LogP contribution in [0.1, 0.15) is 17.3 Å². The molecule has 1 heterocycles. The minimum absolute atomic E-state index is 0. The predicted octanol–water partition coefficient (Wildman–Crippen LogP) is -0.609. The number of pyridine rings is 1. The Morgan fingerprint density at radius 1 is 1.71 bits per heavy atom. The van der Waals surface area contributed by atoms with E-state index in [4.69, 9.17) is 10.6 Å². The van der Waals surface area contributed by atoms with Crippen LogP contribution in [0.25, 0.3) is 0 Å². The van der Waals surface area contributed by atoms with E-state index in [-0.39, 0.29) is 5.48 Å². The summed E-state index contributed by atoms with van der Waals surface area (Å²) >= 11 is 0. The minimum Gasteiger partial charge on any atom is -0.870 e. The number of aromatic nitrogens is 1. The third-order valence-electron chi connectivity index (χ3n) is 1.40. The van der Waals surface area contributed by atoms with Crippen molar-refractivity contribution in [1.82, 2.24) is 0 Å². The quantitative estimate of drug-likeness (QED) is 0.499. The minimum atomic E-state index is -0.465. The molecule has 0 aliphatic rings. The number of rotatable bonds is 4. The van der Waals surface area contributed by atoms with Crippen molar-refractivity contribution in [1.29, 1.82) is 0 Å². The SMILES string of the molecule is CCON[n+]1cccc(C(N)=O)c1.[OH-]. The van der Waals surface area contributed by atoms with Gasteiger partial charge < -0.3 is 11.2 Å². The first-order valence-electron chi connectivity index (χ1n) is 3.93. The molecule has 0 radical (unpaired) electrons. The Kier molecular flexibility index (Phi) is 5.20. The number of hydrogen-bond acceptors (Lipinski definition) is 4. The summed E-state index contributed by atoms with van der Waals surface area (Å²) in [5.41, 5.74) is 8.11. The number of nitrogens with two attached hydrogens (primary N) is 1. The lowest BCUT2D eigenvalue weighted by atomic mass is 10.3. The molecule has 1 aromatic rings. The Hall–Kier alpha value is -1.66. The van der Waals surface area contributed by atoms with Crippen molar-refractivity contribution < 1.29 is 19.8 Å². The van der Waals surface area contributed by atoms with Gasteiger partial charge in [-0.05, 0) is 13.0 Å². The largest absolute Gasteiger partial charge is 0.870 e. The van der Waals surface area contributed by atoms with Gasteiger partial charge in [-0.1, -0.05) is 10.3 Å². The number of amides is 1. The topological polar surface area (TPSA) is 98.2 Å². The van der Waals surface area contributed by atoms with E-state index >= 15 is 0 Å². The molecule has 0 saturated heterocycles. The van der Waals surface area contributed by atoms with Gasteiger partial charge in [0.25, 0.3) is 5.91 Å². The first-order valence-corrected chi connectivity index (χ1v) is 3.93. The van der Waals surface area contributed by atoms with Crippen LogP contribution in [0.5, 0.6) is 0 Å². The molecule has 0 spiro atoms. The number of hydrogen-bond donors (Lipinski definition) is 2. The Morgan fingerprint density at radius 3 is 3.00 bits per heavy atom. The summed E-state index contributed by atoms with van der Waals surface area (Å²) in [5, 5.41) is 0. The highest BCUT2D eigenvalue weighted by Crippen LogP contribution is 1.90. The van der Waals surface area contributed by atoms with Crippen molar-refractivity contribution in [2.24, 2.45) is 5.73 Å². The van der Waals surface area contributed by atoms with Gasteiger partial charge in [-0.25, -0.2) is 4.84 Å². The zero-order valence-electron chi connectivity index (χ0n) is 7.80. The van der Waals surface area contributed by atoms with Crippen molar-refractivity contribution in [2.75, 3.05) is 12.2 Å². The molecule has 0 fully saturated rings. The Balaban J connectivity index is 0.00000169. The van der Waals surface area contributed by atoms with Gasteiger partial charge in [-0.15, -0.1) is 0 Å². The fraction of sp³-hybridized carbons (Fsp3) is 0.250. The van der Waals surface area contributed by atoms with Crippen LogP contribution in [0, 0.1) is 0 Å². The molecule has 1 aromatic heterocycles. The van der Waals surface area contributed by atoms with Gasteiger partial charge >= 0.3 is 0 Å². The molecule has 4 N–H and O–H groups in total. The second kappa shape index (κ2) is 5.90. The smallest absolute Gasteiger partial charge is 0.254 e. The van der Waals surface area contributed by atoms with E-state index in [9.17, 15) is 4.79 Å².